The van der Waals surface area contributed by atoms with Crippen LogP contribution in [0.1, 0.15) is 18.4 Å². The quantitative estimate of drug-likeness (QED) is 0.144. The monoisotopic (exact) mass is 568 g/mol. The molecule has 41 heavy (non-hydrogen) atoms. The molecule has 1 aliphatic heterocycles. The summed E-state index contributed by atoms with van der Waals surface area (Å²) in [6.07, 6.45) is 1.57. The fourth-order valence-electron chi connectivity index (χ4n) is 4.91. The van der Waals surface area contributed by atoms with Crippen molar-refractivity contribution in [2.24, 2.45) is 5.16 Å². The molecule has 0 spiro atoms. The van der Waals surface area contributed by atoms with E-state index in [4.69, 9.17) is 0 Å². The highest BCUT2D eigenvalue weighted by Gasteiger charge is 2.25. The minimum absolute atomic E-state index is 0.0249. The van der Waals surface area contributed by atoms with E-state index in [0.29, 0.717) is 31.6 Å². The van der Waals surface area contributed by atoms with Gasteiger partial charge in [-0.05, 0) is 65.9 Å². The zero-order valence-electron chi connectivity index (χ0n) is 22.5. The molecule has 4 aromatic carbocycles. The SMILES string of the molecule is O=C(Nc1ccc(N2CCC(NS(=O)(=O)c3ccc(-c4ccccc4)cc3)CC2)cc1)/C(Cc1ccccc1)=N\O. The maximum atomic E-state index is 13.0. The predicted octanol–water partition coefficient (Wildman–Crippen LogP) is 5.31. The molecule has 3 N–H and O–H groups in total. The number of carbonyl (C=O) groups excluding carboxylic acids is 1. The normalized spacial score (nSPS) is 14.5. The summed E-state index contributed by atoms with van der Waals surface area (Å²) in [6.45, 7) is 1.40. The fourth-order valence-corrected chi connectivity index (χ4v) is 6.21. The van der Waals surface area contributed by atoms with E-state index in [-0.39, 0.29) is 23.1 Å². The summed E-state index contributed by atoms with van der Waals surface area (Å²) < 4.78 is 28.9. The first-order chi connectivity index (χ1) is 19.9. The molecule has 1 heterocycles. The minimum Gasteiger partial charge on any atom is -0.410 e. The van der Waals surface area contributed by atoms with Gasteiger partial charge in [0, 0.05) is 36.9 Å². The lowest BCUT2D eigenvalue weighted by atomic mass is 10.1. The van der Waals surface area contributed by atoms with Crippen molar-refractivity contribution in [3.63, 3.8) is 0 Å². The number of nitrogens with one attached hydrogen (secondary N) is 2. The zero-order chi connectivity index (χ0) is 28.7. The predicted molar refractivity (Wildman–Crippen MR) is 162 cm³/mol. The summed E-state index contributed by atoms with van der Waals surface area (Å²) in [4.78, 5) is 15.1. The van der Waals surface area contributed by atoms with Gasteiger partial charge in [-0.3, -0.25) is 4.79 Å². The summed E-state index contributed by atoms with van der Waals surface area (Å²) in [6, 6.07) is 33.5. The molecule has 0 saturated carbocycles. The second-order valence-electron chi connectivity index (χ2n) is 9.98. The van der Waals surface area contributed by atoms with Crippen molar-refractivity contribution in [3.8, 4) is 11.1 Å². The number of piperidine rings is 1. The molecule has 0 aliphatic carbocycles. The van der Waals surface area contributed by atoms with E-state index in [0.717, 1.165) is 22.4 Å². The first kappa shape index (κ1) is 28.1. The van der Waals surface area contributed by atoms with E-state index < -0.39 is 15.9 Å². The molecule has 0 radical (unpaired) electrons. The minimum atomic E-state index is -3.62. The fraction of sp³-hybridized carbons (Fsp3) is 0.188. The van der Waals surface area contributed by atoms with Gasteiger partial charge < -0.3 is 15.4 Å². The average molecular weight is 569 g/mol. The van der Waals surface area contributed by atoms with Crippen molar-refractivity contribution in [1.29, 1.82) is 0 Å². The van der Waals surface area contributed by atoms with Crippen LogP contribution in [0.3, 0.4) is 0 Å². The van der Waals surface area contributed by atoms with Crippen molar-refractivity contribution in [3.05, 3.63) is 115 Å². The van der Waals surface area contributed by atoms with Gasteiger partial charge in [0.05, 0.1) is 4.90 Å². The first-order valence-electron chi connectivity index (χ1n) is 13.5. The van der Waals surface area contributed by atoms with Crippen LogP contribution in [-0.4, -0.2) is 44.4 Å². The molecule has 0 bridgehead atoms. The Kier molecular flexibility index (Phi) is 8.76. The third-order valence-corrected chi connectivity index (χ3v) is 8.71. The van der Waals surface area contributed by atoms with Gasteiger partial charge in [0.2, 0.25) is 10.0 Å². The lowest BCUT2D eigenvalue weighted by Crippen LogP contribution is -2.44. The number of anilines is 2. The largest absolute Gasteiger partial charge is 0.410 e. The van der Waals surface area contributed by atoms with Crippen molar-refractivity contribution >= 4 is 33.0 Å². The summed E-state index contributed by atoms with van der Waals surface area (Å²) in [5, 5.41) is 15.3. The van der Waals surface area contributed by atoms with Crippen molar-refractivity contribution < 1.29 is 18.4 Å². The molecule has 4 aromatic rings. The molecule has 1 saturated heterocycles. The number of amides is 1. The summed E-state index contributed by atoms with van der Waals surface area (Å²) in [5.74, 6) is -0.466. The van der Waals surface area contributed by atoms with Crippen LogP contribution in [0.15, 0.2) is 119 Å². The molecule has 9 heteroatoms. The van der Waals surface area contributed by atoms with Crippen molar-refractivity contribution in [2.45, 2.75) is 30.2 Å². The number of rotatable bonds is 9. The van der Waals surface area contributed by atoms with Crippen LogP contribution in [0.5, 0.6) is 0 Å². The molecule has 1 amide bonds. The first-order valence-corrected chi connectivity index (χ1v) is 15.0. The Hall–Kier alpha value is -4.47. The maximum Gasteiger partial charge on any atom is 0.273 e. The van der Waals surface area contributed by atoms with Crippen molar-refractivity contribution in [1.82, 2.24) is 4.72 Å². The summed E-state index contributed by atoms with van der Waals surface area (Å²) in [5.41, 5.74) is 4.49. The van der Waals surface area contributed by atoms with Crippen LogP contribution < -0.4 is 14.9 Å². The number of hydrogen-bond donors (Lipinski definition) is 3. The molecule has 0 unspecified atom stereocenters. The number of hydrogen-bond acceptors (Lipinski definition) is 6. The van der Waals surface area contributed by atoms with Crippen LogP contribution in [-0.2, 0) is 21.2 Å². The number of carbonyl (C=O) groups is 1. The maximum absolute atomic E-state index is 13.0. The van der Waals surface area contributed by atoms with Gasteiger partial charge in [-0.2, -0.15) is 0 Å². The molecule has 1 fully saturated rings. The van der Waals surface area contributed by atoms with E-state index in [1.165, 1.54) is 0 Å². The molecule has 210 valence electrons. The Labute approximate surface area is 240 Å². The molecule has 8 nitrogen and oxygen atoms in total. The van der Waals surface area contributed by atoms with Gasteiger partial charge in [0.15, 0.2) is 0 Å². The highest BCUT2D eigenvalue weighted by atomic mass is 32.2. The summed E-state index contributed by atoms with van der Waals surface area (Å²) in [7, 11) is -3.62. The van der Waals surface area contributed by atoms with Gasteiger partial charge in [-0.25, -0.2) is 13.1 Å². The number of benzene rings is 4. The van der Waals surface area contributed by atoms with Crippen LogP contribution >= 0.6 is 0 Å². The highest BCUT2D eigenvalue weighted by molar-refractivity contribution is 7.89. The number of nitrogens with zero attached hydrogens (tertiary/aromatic N) is 2. The van der Waals surface area contributed by atoms with E-state index >= 15 is 0 Å². The Morgan fingerprint density at radius 2 is 1.39 bits per heavy atom. The van der Waals surface area contributed by atoms with Crippen LogP contribution in [0, 0.1) is 0 Å². The standard InChI is InChI=1S/C32H32N4O4S/c37-32(31(34-38)23-24-7-3-1-4-8-24)33-27-13-15-29(16-14-27)36-21-19-28(20-22-36)35-41(39,40)30-17-11-26(12-18-30)25-9-5-2-6-10-25/h1-18,28,35,38H,19-23H2,(H,33,37)/b34-31-. The van der Waals surface area contributed by atoms with E-state index in [2.05, 4.69) is 20.1 Å². The molecule has 0 aromatic heterocycles. The van der Waals surface area contributed by atoms with Gasteiger partial charge in [0.25, 0.3) is 5.91 Å². The second-order valence-corrected chi connectivity index (χ2v) is 11.7. The zero-order valence-corrected chi connectivity index (χ0v) is 23.3. The Morgan fingerprint density at radius 1 is 0.805 bits per heavy atom. The smallest absolute Gasteiger partial charge is 0.273 e. The van der Waals surface area contributed by atoms with Gasteiger partial charge in [-0.1, -0.05) is 78.0 Å². The Bertz CT molecular complexity index is 1580. The third kappa shape index (κ3) is 7.19. The van der Waals surface area contributed by atoms with Gasteiger partial charge >= 0.3 is 0 Å². The van der Waals surface area contributed by atoms with Crippen LogP contribution in [0.2, 0.25) is 0 Å². The highest BCUT2D eigenvalue weighted by Crippen LogP contribution is 2.24. The van der Waals surface area contributed by atoms with E-state index in [9.17, 15) is 18.4 Å². The van der Waals surface area contributed by atoms with Crippen LogP contribution in [0.25, 0.3) is 11.1 Å². The van der Waals surface area contributed by atoms with Crippen molar-refractivity contribution in [2.75, 3.05) is 23.3 Å². The molecular formula is C32H32N4O4S. The van der Waals surface area contributed by atoms with E-state index in [1.54, 1.807) is 24.3 Å². The Morgan fingerprint density at radius 3 is 2.00 bits per heavy atom. The number of oxime groups is 1. The lowest BCUT2D eigenvalue weighted by Gasteiger charge is -2.34. The molecule has 1 aliphatic rings. The second kappa shape index (κ2) is 12.8. The van der Waals surface area contributed by atoms with Gasteiger partial charge in [-0.15, -0.1) is 0 Å². The number of sulfonamides is 1. The van der Waals surface area contributed by atoms with Crippen LogP contribution in [0.4, 0.5) is 11.4 Å². The van der Waals surface area contributed by atoms with Gasteiger partial charge in [0.1, 0.15) is 5.71 Å². The molecule has 5 rings (SSSR count). The summed E-state index contributed by atoms with van der Waals surface area (Å²) >= 11 is 0. The molecular weight excluding hydrogens is 536 g/mol. The average Bonchev–Trinajstić information content (AvgIpc) is 3.01. The molecule has 0 atom stereocenters. The van der Waals surface area contributed by atoms with E-state index in [1.807, 2.05) is 84.9 Å². The topological polar surface area (TPSA) is 111 Å². The Balaban J connectivity index is 1.12. The third-order valence-electron chi connectivity index (χ3n) is 7.18. The lowest BCUT2D eigenvalue weighted by molar-refractivity contribution is -0.110.